The van der Waals surface area contributed by atoms with Crippen molar-refractivity contribution < 1.29 is 23.9 Å². The predicted molar refractivity (Wildman–Crippen MR) is 97.4 cm³/mol. The van der Waals surface area contributed by atoms with Crippen LogP contribution >= 0.6 is 0 Å². The number of nitrogens with zero attached hydrogens (tertiary/aromatic N) is 1. The lowest BCUT2D eigenvalue weighted by molar-refractivity contribution is -0.119. The van der Waals surface area contributed by atoms with Crippen LogP contribution in [0.2, 0.25) is 0 Å². The molecule has 0 radical (unpaired) electrons. The zero-order valence-corrected chi connectivity index (χ0v) is 14.9. The Hall–Kier alpha value is -3.48. The second-order valence-electron chi connectivity index (χ2n) is 5.99. The van der Waals surface area contributed by atoms with Gasteiger partial charge < -0.3 is 10.1 Å². The van der Waals surface area contributed by atoms with E-state index in [1.54, 1.807) is 43.3 Å². The van der Waals surface area contributed by atoms with Crippen molar-refractivity contribution in [1.29, 1.82) is 0 Å². The van der Waals surface area contributed by atoms with Crippen LogP contribution in [0.15, 0.2) is 48.5 Å². The fraction of sp³-hybridized carbons (Fsp3) is 0.200. The van der Waals surface area contributed by atoms with Crippen LogP contribution in [0.25, 0.3) is 0 Å². The van der Waals surface area contributed by atoms with Crippen LogP contribution in [0.5, 0.6) is 0 Å². The van der Waals surface area contributed by atoms with Crippen LogP contribution in [0.4, 0.5) is 5.69 Å². The van der Waals surface area contributed by atoms with Gasteiger partial charge in [0.2, 0.25) is 5.91 Å². The van der Waals surface area contributed by atoms with Gasteiger partial charge in [-0.1, -0.05) is 12.1 Å². The second-order valence-corrected chi connectivity index (χ2v) is 5.99. The minimum Gasteiger partial charge on any atom is -0.462 e. The van der Waals surface area contributed by atoms with Gasteiger partial charge in [0.25, 0.3) is 11.8 Å². The maximum absolute atomic E-state index is 12.5. The highest BCUT2D eigenvalue weighted by Crippen LogP contribution is 2.25. The summed E-state index contributed by atoms with van der Waals surface area (Å²) < 4.78 is 4.90. The number of carbonyl (C=O) groups excluding carboxylic acids is 4. The first kappa shape index (κ1) is 18.3. The van der Waals surface area contributed by atoms with Gasteiger partial charge in [-0.05, 0) is 50.2 Å². The quantitative estimate of drug-likeness (QED) is 0.648. The number of nitrogens with one attached hydrogen (secondary N) is 1. The van der Waals surface area contributed by atoms with Crippen LogP contribution in [-0.2, 0) is 9.53 Å². The lowest BCUT2D eigenvalue weighted by Crippen LogP contribution is -2.45. The van der Waals surface area contributed by atoms with Crippen molar-refractivity contribution in [3.05, 3.63) is 65.2 Å². The van der Waals surface area contributed by atoms with E-state index in [-0.39, 0.29) is 6.61 Å². The van der Waals surface area contributed by atoms with Gasteiger partial charge in [-0.15, -0.1) is 0 Å². The summed E-state index contributed by atoms with van der Waals surface area (Å²) in [6.07, 6.45) is 0. The van der Waals surface area contributed by atoms with Gasteiger partial charge in [0.05, 0.1) is 23.3 Å². The molecule has 1 aliphatic heterocycles. The molecule has 0 aromatic heterocycles. The molecule has 1 aliphatic rings. The molecule has 2 aromatic carbocycles. The molecule has 0 fully saturated rings. The Labute approximate surface area is 155 Å². The summed E-state index contributed by atoms with van der Waals surface area (Å²) >= 11 is 0. The van der Waals surface area contributed by atoms with Crippen LogP contribution in [0.1, 0.15) is 44.9 Å². The highest BCUT2D eigenvalue weighted by Gasteiger charge is 2.40. The largest absolute Gasteiger partial charge is 0.462 e. The molecule has 138 valence electrons. The molecular formula is C20H18N2O5. The highest BCUT2D eigenvalue weighted by atomic mass is 16.5. The van der Waals surface area contributed by atoms with E-state index in [4.69, 9.17) is 4.74 Å². The number of rotatable bonds is 5. The summed E-state index contributed by atoms with van der Waals surface area (Å²) in [6, 6.07) is 11.6. The first-order valence-corrected chi connectivity index (χ1v) is 8.49. The van der Waals surface area contributed by atoms with E-state index in [1.165, 1.54) is 19.1 Å². The van der Waals surface area contributed by atoms with Gasteiger partial charge in [0.1, 0.15) is 6.04 Å². The summed E-state index contributed by atoms with van der Waals surface area (Å²) in [4.78, 5) is 50.0. The third-order valence-electron chi connectivity index (χ3n) is 4.26. The monoisotopic (exact) mass is 366 g/mol. The van der Waals surface area contributed by atoms with Crippen LogP contribution in [0.3, 0.4) is 0 Å². The smallest absolute Gasteiger partial charge is 0.338 e. The van der Waals surface area contributed by atoms with Gasteiger partial charge in [-0.2, -0.15) is 0 Å². The predicted octanol–water partition coefficient (Wildman–Crippen LogP) is 2.49. The normalized spacial score (nSPS) is 13.9. The first-order chi connectivity index (χ1) is 12.9. The second kappa shape index (κ2) is 7.41. The number of carbonyl (C=O) groups is 4. The highest BCUT2D eigenvalue weighted by molar-refractivity contribution is 6.23. The summed E-state index contributed by atoms with van der Waals surface area (Å²) in [5, 5.41) is 2.65. The zero-order valence-electron chi connectivity index (χ0n) is 14.9. The number of benzene rings is 2. The lowest BCUT2D eigenvalue weighted by Gasteiger charge is -2.21. The van der Waals surface area contributed by atoms with E-state index in [0.717, 1.165) is 4.90 Å². The number of hydrogen-bond acceptors (Lipinski definition) is 5. The number of fused-ring (bicyclic) bond motifs is 1. The molecule has 1 heterocycles. The maximum atomic E-state index is 12.5. The van der Waals surface area contributed by atoms with E-state index in [9.17, 15) is 19.2 Å². The summed E-state index contributed by atoms with van der Waals surface area (Å²) in [5.74, 6) is -1.94. The Kier molecular flexibility index (Phi) is 5.03. The van der Waals surface area contributed by atoms with Crippen molar-refractivity contribution in [3.8, 4) is 0 Å². The van der Waals surface area contributed by atoms with Crippen LogP contribution in [0, 0.1) is 0 Å². The fourth-order valence-corrected chi connectivity index (χ4v) is 2.83. The Morgan fingerprint density at radius 2 is 1.56 bits per heavy atom. The molecule has 2 aromatic rings. The van der Waals surface area contributed by atoms with E-state index in [0.29, 0.717) is 22.4 Å². The molecule has 0 bridgehead atoms. The van der Waals surface area contributed by atoms with E-state index in [2.05, 4.69) is 5.32 Å². The van der Waals surface area contributed by atoms with Crippen molar-refractivity contribution in [2.45, 2.75) is 19.9 Å². The molecule has 0 spiro atoms. The molecule has 0 unspecified atom stereocenters. The van der Waals surface area contributed by atoms with E-state index >= 15 is 0 Å². The van der Waals surface area contributed by atoms with Crippen molar-refractivity contribution in [1.82, 2.24) is 4.90 Å². The van der Waals surface area contributed by atoms with Gasteiger partial charge in [-0.3, -0.25) is 19.3 Å². The topological polar surface area (TPSA) is 92.8 Å². The minimum absolute atomic E-state index is 0.273. The summed E-state index contributed by atoms with van der Waals surface area (Å²) in [5.41, 5.74) is 1.39. The summed E-state index contributed by atoms with van der Waals surface area (Å²) in [6.45, 7) is 3.48. The Bertz CT molecular complexity index is 885. The number of esters is 1. The Balaban J connectivity index is 1.71. The Morgan fingerprint density at radius 3 is 2.07 bits per heavy atom. The fourth-order valence-electron chi connectivity index (χ4n) is 2.83. The molecule has 7 heteroatoms. The average molecular weight is 366 g/mol. The molecule has 1 N–H and O–H groups in total. The molecule has 0 saturated heterocycles. The summed E-state index contributed by atoms with van der Waals surface area (Å²) in [7, 11) is 0. The van der Waals surface area contributed by atoms with Crippen molar-refractivity contribution in [2.75, 3.05) is 11.9 Å². The number of anilines is 1. The van der Waals surface area contributed by atoms with E-state index in [1.807, 2.05) is 0 Å². The molecule has 0 aliphatic carbocycles. The van der Waals surface area contributed by atoms with Crippen LogP contribution in [-0.4, -0.2) is 41.2 Å². The number of hydrogen-bond donors (Lipinski definition) is 1. The van der Waals surface area contributed by atoms with Crippen molar-refractivity contribution in [3.63, 3.8) is 0 Å². The van der Waals surface area contributed by atoms with Crippen molar-refractivity contribution in [2.24, 2.45) is 0 Å². The molecule has 3 amide bonds. The average Bonchev–Trinajstić information content (AvgIpc) is 2.93. The molecule has 7 nitrogen and oxygen atoms in total. The van der Waals surface area contributed by atoms with E-state index < -0.39 is 29.7 Å². The standard InChI is InChI=1S/C20H18N2O5/c1-3-27-20(26)13-8-10-14(11-9-13)21-17(23)12(2)22-18(24)15-6-4-5-7-16(15)19(22)25/h4-12H,3H2,1-2H3,(H,21,23)/t12-/m1/s1. The zero-order chi connectivity index (χ0) is 19.6. The molecular weight excluding hydrogens is 348 g/mol. The number of imide groups is 1. The minimum atomic E-state index is -0.984. The van der Waals surface area contributed by atoms with Crippen molar-refractivity contribution >= 4 is 29.4 Å². The molecule has 3 rings (SSSR count). The van der Waals surface area contributed by atoms with Crippen LogP contribution < -0.4 is 5.32 Å². The number of amides is 3. The lowest BCUT2D eigenvalue weighted by atomic mass is 10.1. The number of ether oxygens (including phenoxy) is 1. The SMILES string of the molecule is CCOC(=O)c1ccc(NC(=O)[C@@H](C)N2C(=O)c3ccccc3C2=O)cc1. The molecule has 0 saturated carbocycles. The van der Waals surface area contributed by atoms with Gasteiger partial charge in [-0.25, -0.2) is 4.79 Å². The van der Waals surface area contributed by atoms with Gasteiger partial charge in [0, 0.05) is 5.69 Å². The molecule has 27 heavy (non-hydrogen) atoms. The maximum Gasteiger partial charge on any atom is 0.338 e. The molecule has 1 atom stereocenters. The third kappa shape index (κ3) is 3.44. The Morgan fingerprint density at radius 1 is 1.00 bits per heavy atom. The van der Waals surface area contributed by atoms with Gasteiger partial charge in [0.15, 0.2) is 0 Å². The first-order valence-electron chi connectivity index (χ1n) is 8.49. The van der Waals surface area contributed by atoms with Gasteiger partial charge >= 0.3 is 5.97 Å². The third-order valence-corrected chi connectivity index (χ3v) is 4.26.